The number of rotatable bonds is 3. The number of allylic oxidation sites excluding steroid dienone is 4. The van der Waals surface area contributed by atoms with Crippen LogP contribution in [0.3, 0.4) is 0 Å². The summed E-state index contributed by atoms with van der Waals surface area (Å²) in [5.74, 6) is 0. The first-order valence-electron chi connectivity index (χ1n) is 4.13. The van der Waals surface area contributed by atoms with Gasteiger partial charge in [-0.05, 0) is 19.4 Å². The average Bonchev–Trinajstić information content (AvgIpc) is 2.21. The molecule has 0 amide bonds. The van der Waals surface area contributed by atoms with Crippen LogP contribution in [0.5, 0.6) is 0 Å². The fourth-order valence-corrected chi connectivity index (χ4v) is 0.453. The van der Waals surface area contributed by atoms with Crippen molar-refractivity contribution in [2.75, 3.05) is 0 Å². The maximum absolute atomic E-state index is 9.69. The van der Waals surface area contributed by atoms with Crippen molar-refractivity contribution in [2.45, 2.75) is 20.3 Å². The van der Waals surface area contributed by atoms with Crippen molar-refractivity contribution in [3.63, 3.8) is 0 Å². The molecule has 0 radical (unpaired) electrons. The van der Waals surface area contributed by atoms with E-state index in [1.165, 1.54) is 6.08 Å². The Bertz CT molecular complexity index is 315. The maximum Gasteiger partial charge on any atom is 0.240 e. The summed E-state index contributed by atoms with van der Waals surface area (Å²) in [6.45, 7) is 3.80. The van der Waals surface area contributed by atoms with Crippen LogP contribution in [0, 0.1) is 10.8 Å². The molecule has 16 heavy (non-hydrogen) atoms. The summed E-state index contributed by atoms with van der Waals surface area (Å²) in [4.78, 5) is 29.8. The third-order valence-electron chi connectivity index (χ3n) is 0.931. The molecule has 0 saturated carbocycles. The van der Waals surface area contributed by atoms with Gasteiger partial charge in [0.2, 0.25) is 18.2 Å². The van der Waals surface area contributed by atoms with Crippen LogP contribution in [-0.2, 0) is 14.4 Å². The maximum atomic E-state index is 9.69. The van der Waals surface area contributed by atoms with Crippen molar-refractivity contribution in [3.05, 3.63) is 23.9 Å². The first-order valence-corrected chi connectivity index (χ1v) is 4.13. The molecule has 0 atom stereocenters. The Kier molecular flexibility index (Phi) is 27.6. The molecule has 0 saturated heterocycles. The van der Waals surface area contributed by atoms with E-state index in [0.29, 0.717) is 5.70 Å². The minimum Gasteiger partial charge on any atom is -0.222 e. The van der Waals surface area contributed by atoms with Crippen LogP contribution in [0.4, 0.5) is 0 Å². The molecule has 0 heterocycles. The molecule has 0 aromatic carbocycles. The second-order valence-electron chi connectivity index (χ2n) is 2.05. The zero-order chi connectivity index (χ0) is 13.2. The van der Waals surface area contributed by atoms with E-state index >= 15 is 0 Å². The van der Waals surface area contributed by atoms with Gasteiger partial charge >= 0.3 is 0 Å². The smallest absolute Gasteiger partial charge is 0.222 e. The lowest BCUT2D eigenvalue weighted by Gasteiger charge is -1.80. The van der Waals surface area contributed by atoms with Crippen molar-refractivity contribution >= 4 is 18.2 Å². The summed E-state index contributed by atoms with van der Waals surface area (Å²) in [6, 6.07) is 0. The van der Waals surface area contributed by atoms with Crippen molar-refractivity contribution in [1.82, 2.24) is 0 Å². The van der Waals surface area contributed by atoms with Crippen molar-refractivity contribution < 1.29 is 14.4 Å². The minimum absolute atomic E-state index is 0.680. The largest absolute Gasteiger partial charge is 0.240 e. The van der Waals surface area contributed by atoms with E-state index in [-0.39, 0.29) is 0 Å². The SMILES string of the molecule is CCC=CC=C(C)N=C=O.N=C=O.N=C=O. The quantitative estimate of drug-likeness (QED) is 0.433. The van der Waals surface area contributed by atoms with Crippen LogP contribution in [-0.4, -0.2) is 18.2 Å². The fourth-order valence-electron chi connectivity index (χ4n) is 0.453. The number of hydrogen-bond donors (Lipinski definition) is 2. The zero-order valence-corrected chi connectivity index (χ0v) is 9.11. The highest BCUT2D eigenvalue weighted by Crippen LogP contribution is 1.92. The monoisotopic (exact) mass is 223 g/mol. The molecular weight excluding hydrogens is 210 g/mol. The fraction of sp³-hybridized carbons (Fsp3) is 0.300. The number of isocyanates is 3. The highest BCUT2D eigenvalue weighted by molar-refractivity contribution is 5.37. The van der Waals surface area contributed by atoms with Gasteiger partial charge in [-0.15, -0.1) is 0 Å². The van der Waals surface area contributed by atoms with Gasteiger partial charge in [0.15, 0.2) is 0 Å². The topological polar surface area (TPSA) is 111 Å². The summed E-state index contributed by atoms with van der Waals surface area (Å²) < 4.78 is 0. The summed E-state index contributed by atoms with van der Waals surface area (Å²) in [7, 11) is 0. The van der Waals surface area contributed by atoms with Crippen molar-refractivity contribution in [2.24, 2.45) is 4.99 Å². The summed E-state index contributed by atoms with van der Waals surface area (Å²) in [5, 5.41) is 10.8. The molecule has 0 unspecified atom stereocenters. The van der Waals surface area contributed by atoms with Gasteiger partial charge in [0, 0.05) is 0 Å². The van der Waals surface area contributed by atoms with Gasteiger partial charge in [-0.1, -0.05) is 19.1 Å². The van der Waals surface area contributed by atoms with Crippen LogP contribution in [0.25, 0.3) is 0 Å². The Morgan fingerprint density at radius 2 is 1.69 bits per heavy atom. The Morgan fingerprint density at radius 1 is 1.25 bits per heavy atom. The lowest BCUT2D eigenvalue weighted by Crippen LogP contribution is -1.64. The Labute approximate surface area is 93.4 Å². The standard InChI is InChI=1S/C8H11NO.2CHNO/c1-3-4-5-6-8(2)9-7-10;2*2-1-3/h4-6H,3H2,1-2H3;2*2H. The highest BCUT2D eigenvalue weighted by atomic mass is 16.1. The molecule has 0 aliphatic rings. The number of nitrogens with one attached hydrogen (secondary N) is 2. The summed E-state index contributed by atoms with van der Waals surface area (Å²) >= 11 is 0. The average molecular weight is 223 g/mol. The lowest BCUT2D eigenvalue weighted by molar-refractivity contribution is 0.562. The van der Waals surface area contributed by atoms with Crippen molar-refractivity contribution in [1.29, 1.82) is 10.8 Å². The first-order chi connectivity index (χ1) is 7.64. The van der Waals surface area contributed by atoms with Gasteiger partial charge in [-0.2, -0.15) is 4.99 Å². The third kappa shape index (κ3) is 41.5. The van der Waals surface area contributed by atoms with Gasteiger partial charge in [-0.3, -0.25) is 0 Å². The highest BCUT2D eigenvalue weighted by Gasteiger charge is 1.76. The molecule has 0 rings (SSSR count). The molecule has 6 heteroatoms. The van der Waals surface area contributed by atoms with Gasteiger partial charge < -0.3 is 0 Å². The number of carbonyl (C=O) groups excluding carboxylic acids is 3. The number of hydrogen-bond acceptors (Lipinski definition) is 6. The molecule has 0 fully saturated rings. The molecular formula is C10H13N3O3. The van der Waals surface area contributed by atoms with Gasteiger partial charge in [-0.25, -0.2) is 25.2 Å². The number of nitrogens with zero attached hydrogens (tertiary/aromatic N) is 1. The molecule has 0 spiro atoms. The van der Waals surface area contributed by atoms with Gasteiger partial charge in [0.05, 0.1) is 5.70 Å². The normalized spacial score (nSPS) is 8.25. The third-order valence-corrected chi connectivity index (χ3v) is 0.931. The van der Waals surface area contributed by atoms with E-state index < -0.39 is 0 Å². The first kappa shape index (κ1) is 19.2. The molecule has 0 aliphatic carbocycles. The Morgan fingerprint density at radius 3 is 2.00 bits per heavy atom. The van der Waals surface area contributed by atoms with Crippen LogP contribution in [0.1, 0.15) is 20.3 Å². The summed E-state index contributed by atoms with van der Waals surface area (Å²) in [6.07, 6.45) is 9.60. The zero-order valence-electron chi connectivity index (χ0n) is 9.11. The van der Waals surface area contributed by atoms with Gasteiger partial charge in [0.25, 0.3) is 0 Å². The Hall–Kier alpha value is -2.38. The van der Waals surface area contributed by atoms with Crippen LogP contribution < -0.4 is 0 Å². The van der Waals surface area contributed by atoms with Crippen LogP contribution in [0.15, 0.2) is 28.9 Å². The molecule has 0 bridgehead atoms. The molecule has 0 aromatic heterocycles. The molecule has 0 aliphatic heterocycles. The summed E-state index contributed by atoms with van der Waals surface area (Å²) in [5.41, 5.74) is 0.680. The van der Waals surface area contributed by atoms with E-state index in [0.717, 1.165) is 18.6 Å². The number of aliphatic imine (C=N–C) groups is 1. The predicted octanol–water partition coefficient (Wildman–Crippen LogP) is 1.99. The second-order valence-corrected chi connectivity index (χ2v) is 2.05. The van der Waals surface area contributed by atoms with Crippen molar-refractivity contribution in [3.8, 4) is 0 Å². The van der Waals surface area contributed by atoms with Gasteiger partial charge in [0.1, 0.15) is 0 Å². The van der Waals surface area contributed by atoms with E-state index in [2.05, 4.69) is 4.99 Å². The lowest BCUT2D eigenvalue weighted by atomic mass is 10.3. The molecule has 0 aromatic rings. The second kappa shape index (κ2) is 22.9. The Balaban J connectivity index is -0.000000235. The van der Waals surface area contributed by atoms with Crippen LogP contribution >= 0.6 is 0 Å². The minimum atomic E-state index is 0.680. The van der Waals surface area contributed by atoms with E-state index in [9.17, 15) is 4.79 Å². The molecule has 86 valence electrons. The predicted molar refractivity (Wildman–Crippen MR) is 58.1 cm³/mol. The van der Waals surface area contributed by atoms with E-state index in [1.807, 2.05) is 19.1 Å². The van der Waals surface area contributed by atoms with Crippen LogP contribution in [0.2, 0.25) is 0 Å². The molecule has 6 nitrogen and oxygen atoms in total. The van der Waals surface area contributed by atoms with E-state index in [4.69, 9.17) is 20.4 Å². The van der Waals surface area contributed by atoms with E-state index in [1.54, 1.807) is 13.0 Å². The molecule has 2 N–H and O–H groups in total.